The molecule has 0 radical (unpaired) electrons. The minimum atomic E-state index is 0. The van der Waals surface area contributed by atoms with Crippen molar-refractivity contribution >= 4 is 17.1 Å². The van der Waals surface area contributed by atoms with E-state index >= 15 is 0 Å². The average Bonchev–Trinajstić information content (AvgIpc) is 2.79. The van der Waals surface area contributed by atoms with Crippen molar-refractivity contribution in [3.8, 4) is 0 Å². The summed E-state index contributed by atoms with van der Waals surface area (Å²) < 4.78 is 0. The summed E-state index contributed by atoms with van der Waals surface area (Å²) in [5, 5.41) is 0. The Balaban J connectivity index is 0.00000180. The lowest BCUT2D eigenvalue weighted by Crippen LogP contribution is -3.01. The van der Waals surface area contributed by atoms with Gasteiger partial charge in [0.25, 0.3) is 0 Å². The highest BCUT2D eigenvalue weighted by Gasteiger charge is 2.34. The minimum absolute atomic E-state index is 0. The topological polar surface area (TPSA) is 23.3 Å². The zero-order chi connectivity index (χ0) is 17.7. The third-order valence-corrected chi connectivity index (χ3v) is 6.15. The highest BCUT2D eigenvalue weighted by Crippen LogP contribution is 2.34. The van der Waals surface area contributed by atoms with Gasteiger partial charge in [0.2, 0.25) is 0 Å². The van der Waals surface area contributed by atoms with Gasteiger partial charge in [-0.15, -0.1) is 0 Å². The maximum atomic E-state index is 5.05. The number of piperazine rings is 1. The molecule has 4 aliphatic rings. The van der Waals surface area contributed by atoms with E-state index in [0.29, 0.717) is 0 Å². The molecule has 1 aliphatic carbocycles. The molecule has 142 valence electrons. The molecule has 5 heteroatoms. The largest absolute Gasteiger partial charge is 1.00 e. The Bertz CT molecular complexity index is 872. The monoisotopic (exact) mass is 426 g/mol. The first kappa shape index (κ1) is 18.7. The van der Waals surface area contributed by atoms with E-state index in [0.717, 1.165) is 38.3 Å². The number of nitrogens with zero attached hydrogens (tertiary/aromatic N) is 3. The van der Waals surface area contributed by atoms with Gasteiger partial charge < -0.3 is 26.8 Å². The number of hydrogen-bond acceptors (Lipinski definition) is 3. The molecule has 0 amide bonds. The molecule has 3 aliphatic heterocycles. The fourth-order valence-corrected chi connectivity index (χ4v) is 4.65. The van der Waals surface area contributed by atoms with Crippen molar-refractivity contribution in [2.75, 3.05) is 38.1 Å². The Hall–Kier alpha value is -1.69. The number of benzene rings is 1. The number of likely N-dealkylation sites (N-methyl/N-ethyl adjacent to an activating group) is 1. The Morgan fingerprint density at radius 2 is 1.89 bits per heavy atom. The van der Waals surface area contributed by atoms with Gasteiger partial charge >= 0.3 is 0 Å². The van der Waals surface area contributed by atoms with Gasteiger partial charge in [-0.05, 0) is 57.5 Å². The van der Waals surface area contributed by atoms with Crippen LogP contribution in [-0.4, -0.2) is 43.8 Å². The van der Waals surface area contributed by atoms with Crippen molar-refractivity contribution < 1.29 is 21.9 Å². The van der Waals surface area contributed by atoms with Gasteiger partial charge in [0.15, 0.2) is 11.4 Å². The molecule has 1 saturated heterocycles. The van der Waals surface area contributed by atoms with Crippen molar-refractivity contribution in [3.05, 3.63) is 59.1 Å². The zero-order valence-corrected chi connectivity index (χ0v) is 17.7. The summed E-state index contributed by atoms with van der Waals surface area (Å²) in [6, 6.07) is 6.99. The van der Waals surface area contributed by atoms with Crippen LogP contribution in [0.2, 0.25) is 0 Å². The molecule has 0 spiro atoms. The summed E-state index contributed by atoms with van der Waals surface area (Å²) in [4.78, 5) is 11.4. The van der Waals surface area contributed by atoms with Gasteiger partial charge in [0.1, 0.15) is 11.9 Å². The van der Waals surface area contributed by atoms with Crippen LogP contribution < -0.4 is 26.8 Å². The molecule has 1 aromatic rings. The molecule has 0 saturated carbocycles. The van der Waals surface area contributed by atoms with E-state index in [-0.39, 0.29) is 17.0 Å². The first-order valence-corrected chi connectivity index (χ1v) is 9.82. The molecule has 1 fully saturated rings. The Kier molecular flexibility index (Phi) is 5.10. The number of halogens is 1. The maximum absolute atomic E-state index is 5.05. The second kappa shape index (κ2) is 7.38. The first-order valence-electron chi connectivity index (χ1n) is 9.82. The van der Waals surface area contributed by atoms with Gasteiger partial charge in [0.05, 0.1) is 11.3 Å². The predicted octanol–water partition coefficient (Wildman–Crippen LogP) is -0.369. The van der Waals surface area contributed by atoms with E-state index in [1.54, 1.807) is 0 Å². The third kappa shape index (κ3) is 3.22. The Labute approximate surface area is 172 Å². The van der Waals surface area contributed by atoms with Gasteiger partial charge in [-0.25, -0.2) is 4.90 Å². The average molecular weight is 427 g/mol. The van der Waals surface area contributed by atoms with Crippen molar-refractivity contribution in [1.29, 1.82) is 0 Å². The van der Waals surface area contributed by atoms with Crippen LogP contribution >= 0.6 is 0 Å². The van der Waals surface area contributed by atoms with Crippen molar-refractivity contribution in [2.24, 2.45) is 4.99 Å². The molecule has 1 atom stereocenters. The molecule has 4 nitrogen and oxygen atoms in total. The van der Waals surface area contributed by atoms with E-state index < -0.39 is 0 Å². The molecule has 1 unspecified atom stereocenters. The lowest BCUT2D eigenvalue weighted by molar-refractivity contribution is -0.729. The van der Waals surface area contributed by atoms with Crippen molar-refractivity contribution in [2.45, 2.75) is 26.2 Å². The molecular weight excluding hydrogens is 400 g/mol. The Morgan fingerprint density at radius 1 is 1.07 bits per heavy atom. The van der Waals surface area contributed by atoms with Crippen LogP contribution in [0.5, 0.6) is 0 Å². The fraction of sp³-hybridized carbons (Fsp3) is 0.409. The second-order valence-electron chi connectivity index (χ2n) is 7.86. The maximum Gasteiger partial charge on any atom is 0.165 e. The van der Waals surface area contributed by atoms with Crippen molar-refractivity contribution in [3.63, 3.8) is 0 Å². The SMILES string of the molecule is CC1=NC2=C3C(=CC=C[NH+]3c3cc(N4CCN(C)CC4)ccc31)CCC2.[Br-]. The number of quaternary nitrogens is 1. The predicted molar refractivity (Wildman–Crippen MR) is 107 cm³/mol. The summed E-state index contributed by atoms with van der Waals surface area (Å²) in [6.45, 7) is 6.65. The number of rotatable bonds is 1. The normalized spacial score (nSPS) is 24.4. The lowest BCUT2D eigenvalue weighted by atomic mass is 9.93. The first-order chi connectivity index (χ1) is 12.7. The van der Waals surface area contributed by atoms with Gasteiger partial charge in [0, 0.05) is 43.5 Å². The summed E-state index contributed by atoms with van der Waals surface area (Å²) in [7, 11) is 2.21. The summed E-state index contributed by atoms with van der Waals surface area (Å²) in [6.07, 6.45) is 10.3. The fourth-order valence-electron chi connectivity index (χ4n) is 4.65. The van der Waals surface area contributed by atoms with Crippen LogP contribution in [0.3, 0.4) is 0 Å². The zero-order valence-electron chi connectivity index (χ0n) is 16.1. The van der Waals surface area contributed by atoms with Crippen LogP contribution in [0, 0.1) is 0 Å². The van der Waals surface area contributed by atoms with Crippen LogP contribution in [0.1, 0.15) is 31.7 Å². The highest BCUT2D eigenvalue weighted by atomic mass is 79.9. The summed E-state index contributed by atoms with van der Waals surface area (Å²) in [5.41, 5.74) is 9.32. The minimum Gasteiger partial charge on any atom is -1.00 e. The molecular formula is C22H27BrN4. The van der Waals surface area contributed by atoms with Crippen LogP contribution in [0.15, 0.2) is 58.5 Å². The van der Waals surface area contributed by atoms with Gasteiger partial charge in [-0.1, -0.05) is 0 Å². The smallest absolute Gasteiger partial charge is 0.165 e. The molecule has 1 N–H and O–H groups in total. The number of hydrogen-bond donors (Lipinski definition) is 1. The van der Waals surface area contributed by atoms with Gasteiger partial charge in [-0.2, -0.15) is 0 Å². The Morgan fingerprint density at radius 3 is 2.70 bits per heavy atom. The molecule has 0 aromatic heterocycles. The number of nitrogens with one attached hydrogen (secondary N) is 1. The molecule has 0 bridgehead atoms. The van der Waals surface area contributed by atoms with Crippen LogP contribution in [-0.2, 0) is 0 Å². The van der Waals surface area contributed by atoms with Crippen LogP contribution in [0.4, 0.5) is 11.4 Å². The quantitative estimate of drug-likeness (QED) is 0.662. The number of aliphatic imine (C=N–C) groups is 1. The van der Waals surface area contributed by atoms with E-state index in [9.17, 15) is 0 Å². The lowest BCUT2D eigenvalue weighted by Gasteiger charge is -2.34. The molecule has 1 aromatic carbocycles. The molecule has 5 rings (SSSR count). The van der Waals surface area contributed by atoms with Crippen LogP contribution in [0.25, 0.3) is 0 Å². The van der Waals surface area contributed by atoms with E-state index in [4.69, 9.17) is 4.99 Å². The molecule has 3 heterocycles. The highest BCUT2D eigenvalue weighted by molar-refractivity contribution is 6.03. The number of fused-ring (bicyclic) bond motifs is 2. The van der Waals surface area contributed by atoms with Gasteiger partial charge in [-0.3, -0.25) is 4.99 Å². The number of anilines is 1. The number of allylic oxidation sites excluding steroid dienone is 4. The molecule has 27 heavy (non-hydrogen) atoms. The standard InChI is InChI=1S/C22H26N4.BrH/c1-16-19-9-8-18(25-13-11-24(2)12-14-25)15-21(19)26-10-4-6-17-5-3-7-20(23-16)22(17)26;/h4,6,8-10,15H,3,5,7,11-14H2,1-2H3;1H. The van der Waals surface area contributed by atoms with E-state index in [2.05, 4.69) is 60.3 Å². The van der Waals surface area contributed by atoms with E-state index in [1.165, 1.54) is 51.6 Å². The summed E-state index contributed by atoms with van der Waals surface area (Å²) >= 11 is 0. The van der Waals surface area contributed by atoms with Crippen molar-refractivity contribution in [1.82, 2.24) is 4.90 Å². The second-order valence-corrected chi connectivity index (χ2v) is 7.86. The van der Waals surface area contributed by atoms with E-state index in [1.807, 2.05) is 0 Å². The summed E-state index contributed by atoms with van der Waals surface area (Å²) in [5.74, 6) is 0. The third-order valence-electron chi connectivity index (χ3n) is 6.15.